The lowest BCUT2D eigenvalue weighted by Gasteiger charge is -2.33. The molecule has 242 valence electrons. The maximum Gasteiger partial charge on any atom is 0.0542 e. The van der Waals surface area contributed by atoms with Gasteiger partial charge < -0.3 is 9.47 Å². The summed E-state index contributed by atoms with van der Waals surface area (Å²) in [5, 5.41) is 2.53. The number of aromatic nitrogens is 1. The quantitative estimate of drug-likeness (QED) is 0.185. The molecule has 0 saturated carbocycles. The van der Waals surface area contributed by atoms with E-state index in [9.17, 15) is 0 Å². The second-order valence-corrected chi connectivity index (χ2v) is 15.4. The molecular formula is C48H40N2. The molecule has 0 amide bonds. The second kappa shape index (κ2) is 10.5. The van der Waals surface area contributed by atoms with Crippen LogP contribution < -0.4 is 4.90 Å². The maximum atomic E-state index is 2.52. The fraction of sp³-hybridized carbons (Fsp3) is 0.167. The van der Waals surface area contributed by atoms with Gasteiger partial charge in [-0.25, -0.2) is 0 Å². The van der Waals surface area contributed by atoms with Crippen LogP contribution in [0.2, 0.25) is 0 Å². The van der Waals surface area contributed by atoms with Gasteiger partial charge in [0.15, 0.2) is 0 Å². The molecule has 0 bridgehead atoms. The summed E-state index contributed by atoms with van der Waals surface area (Å²) < 4.78 is 2.40. The van der Waals surface area contributed by atoms with Crippen molar-refractivity contribution in [2.24, 2.45) is 0 Å². The van der Waals surface area contributed by atoms with Gasteiger partial charge in [0.1, 0.15) is 0 Å². The largest absolute Gasteiger partial charge is 0.311 e. The highest BCUT2D eigenvalue weighted by atomic mass is 15.1. The Bertz CT molecular complexity index is 2580. The van der Waals surface area contributed by atoms with Crippen LogP contribution in [0.5, 0.6) is 0 Å². The number of allylic oxidation sites excluding steroid dienone is 3. The van der Waals surface area contributed by atoms with E-state index in [-0.39, 0.29) is 10.8 Å². The highest BCUT2D eigenvalue weighted by Crippen LogP contribution is 2.55. The number of para-hydroxylation sites is 2. The summed E-state index contributed by atoms with van der Waals surface area (Å²) in [6.45, 7) is 9.57. The normalized spacial score (nSPS) is 17.9. The van der Waals surface area contributed by atoms with E-state index in [0.29, 0.717) is 5.92 Å². The molecule has 0 saturated heterocycles. The average Bonchev–Trinajstić information content (AvgIpc) is 3.69. The molecule has 1 atom stereocenters. The van der Waals surface area contributed by atoms with Gasteiger partial charge >= 0.3 is 0 Å². The number of nitrogens with zero attached hydrogens (tertiary/aromatic N) is 2. The van der Waals surface area contributed by atoms with E-state index in [1.165, 1.54) is 83.5 Å². The standard InChI is InChI=1S/C48H40N2/c1-47(2)41-19-11-8-16-35(41)37-25-22-33(29-43(37)47)49(34-23-26-38-36-17-9-12-20-42(36)48(3,4)44(38)30-34)32-24-27-46-40(28-32)39-18-10-13-21-45(39)50(46)31-14-6-5-7-15-31/h5-25,27-30,38H,26H2,1-4H3/t38-/m1/s1. The number of hydrogen-bond donors (Lipinski definition) is 0. The van der Waals surface area contributed by atoms with Crippen LogP contribution in [0.25, 0.3) is 38.6 Å². The molecule has 1 aromatic heterocycles. The first kappa shape index (κ1) is 29.3. The first-order valence-corrected chi connectivity index (χ1v) is 18.0. The summed E-state index contributed by atoms with van der Waals surface area (Å²) in [7, 11) is 0. The zero-order valence-corrected chi connectivity index (χ0v) is 29.1. The van der Waals surface area contributed by atoms with E-state index in [1.807, 2.05) is 0 Å². The molecule has 1 heterocycles. The van der Waals surface area contributed by atoms with Crippen molar-refractivity contribution in [3.8, 4) is 16.8 Å². The summed E-state index contributed by atoms with van der Waals surface area (Å²) in [5.74, 6) is 0.423. The molecule has 3 aliphatic rings. The maximum absolute atomic E-state index is 2.52. The van der Waals surface area contributed by atoms with Gasteiger partial charge in [-0.05, 0) is 94.4 Å². The molecule has 7 aromatic rings. The SMILES string of the molecule is CC1(C)C2=CC(N(c3ccc4c(c3)C(C)(C)c3ccccc3-4)c3ccc4c(c3)c3ccccc3n4-c3ccccc3)=CC[C@@H]2c2ccccc21. The van der Waals surface area contributed by atoms with Gasteiger partial charge in [0.25, 0.3) is 0 Å². The number of benzene rings is 6. The first-order chi connectivity index (χ1) is 24.3. The zero-order chi connectivity index (χ0) is 33.8. The Hall–Kier alpha value is -5.60. The Morgan fingerprint density at radius 1 is 0.560 bits per heavy atom. The summed E-state index contributed by atoms with van der Waals surface area (Å²) in [5.41, 5.74) is 17.1. The summed E-state index contributed by atoms with van der Waals surface area (Å²) in [4.78, 5) is 2.52. The van der Waals surface area contributed by atoms with Crippen molar-refractivity contribution in [3.05, 3.63) is 185 Å². The molecule has 0 unspecified atom stereocenters. The zero-order valence-electron chi connectivity index (χ0n) is 29.1. The number of anilines is 2. The lowest BCUT2D eigenvalue weighted by atomic mass is 9.78. The molecule has 0 fully saturated rings. The number of fused-ring (bicyclic) bond motifs is 9. The molecule has 0 N–H and O–H groups in total. The Labute approximate surface area is 294 Å². The third kappa shape index (κ3) is 4.02. The Balaban J connectivity index is 1.19. The van der Waals surface area contributed by atoms with Crippen LogP contribution in [0.3, 0.4) is 0 Å². The van der Waals surface area contributed by atoms with Crippen molar-refractivity contribution in [1.29, 1.82) is 0 Å². The minimum atomic E-state index is -0.0831. The van der Waals surface area contributed by atoms with E-state index >= 15 is 0 Å². The average molecular weight is 645 g/mol. The molecule has 2 nitrogen and oxygen atoms in total. The Morgan fingerprint density at radius 2 is 1.22 bits per heavy atom. The van der Waals surface area contributed by atoms with Gasteiger partial charge in [-0.2, -0.15) is 0 Å². The molecule has 6 aromatic carbocycles. The first-order valence-electron chi connectivity index (χ1n) is 18.0. The van der Waals surface area contributed by atoms with Gasteiger partial charge in [-0.1, -0.05) is 130 Å². The topological polar surface area (TPSA) is 8.17 Å². The highest BCUT2D eigenvalue weighted by molar-refractivity contribution is 6.10. The van der Waals surface area contributed by atoms with Gasteiger partial charge in [-0.15, -0.1) is 0 Å². The van der Waals surface area contributed by atoms with Crippen molar-refractivity contribution >= 4 is 33.2 Å². The molecule has 0 spiro atoms. The van der Waals surface area contributed by atoms with Crippen molar-refractivity contribution < 1.29 is 0 Å². The van der Waals surface area contributed by atoms with Crippen molar-refractivity contribution in [2.45, 2.75) is 50.9 Å². The minimum Gasteiger partial charge on any atom is -0.311 e. The molecule has 0 radical (unpaired) electrons. The summed E-state index contributed by atoms with van der Waals surface area (Å²) >= 11 is 0. The van der Waals surface area contributed by atoms with Crippen molar-refractivity contribution in [1.82, 2.24) is 4.57 Å². The van der Waals surface area contributed by atoms with E-state index in [0.717, 1.165) is 6.42 Å². The number of rotatable bonds is 4. The van der Waals surface area contributed by atoms with Gasteiger partial charge in [0.2, 0.25) is 0 Å². The Kier molecular flexibility index (Phi) is 6.13. The lowest BCUT2D eigenvalue weighted by molar-refractivity contribution is 0.609. The van der Waals surface area contributed by atoms with Crippen LogP contribution in [0.4, 0.5) is 11.4 Å². The molecule has 3 aliphatic carbocycles. The third-order valence-corrected chi connectivity index (χ3v) is 12.0. The predicted molar refractivity (Wildman–Crippen MR) is 210 cm³/mol. The Morgan fingerprint density at radius 3 is 2.08 bits per heavy atom. The monoisotopic (exact) mass is 644 g/mol. The minimum absolute atomic E-state index is 0.0267. The van der Waals surface area contributed by atoms with Crippen molar-refractivity contribution in [2.75, 3.05) is 4.90 Å². The fourth-order valence-electron chi connectivity index (χ4n) is 9.51. The van der Waals surface area contributed by atoms with Crippen LogP contribution in [0.1, 0.15) is 62.3 Å². The lowest BCUT2D eigenvalue weighted by Crippen LogP contribution is -2.23. The second-order valence-electron chi connectivity index (χ2n) is 15.4. The smallest absolute Gasteiger partial charge is 0.0542 e. The van der Waals surface area contributed by atoms with E-state index in [2.05, 4.69) is 189 Å². The van der Waals surface area contributed by atoms with Crippen LogP contribution in [0, 0.1) is 0 Å². The summed E-state index contributed by atoms with van der Waals surface area (Å²) in [6.07, 6.45) is 5.99. The van der Waals surface area contributed by atoms with Crippen LogP contribution in [0.15, 0.2) is 163 Å². The highest BCUT2D eigenvalue weighted by Gasteiger charge is 2.43. The molecule has 10 rings (SSSR count). The predicted octanol–water partition coefficient (Wildman–Crippen LogP) is 12.5. The molecule has 0 aliphatic heterocycles. The summed E-state index contributed by atoms with van der Waals surface area (Å²) in [6, 6.07) is 51.8. The molecule has 2 heteroatoms. The van der Waals surface area contributed by atoms with E-state index in [1.54, 1.807) is 0 Å². The van der Waals surface area contributed by atoms with E-state index < -0.39 is 0 Å². The van der Waals surface area contributed by atoms with Crippen LogP contribution in [-0.4, -0.2) is 4.57 Å². The van der Waals surface area contributed by atoms with Gasteiger partial charge in [0.05, 0.1) is 11.0 Å². The van der Waals surface area contributed by atoms with Crippen LogP contribution >= 0.6 is 0 Å². The molecule has 50 heavy (non-hydrogen) atoms. The fourth-order valence-corrected chi connectivity index (χ4v) is 9.51. The van der Waals surface area contributed by atoms with Crippen LogP contribution in [-0.2, 0) is 10.8 Å². The third-order valence-electron chi connectivity index (χ3n) is 12.0. The van der Waals surface area contributed by atoms with Crippen molar-refractivity contribution in [3.63, 3.8) is 0 Å². The van der Waals surface area contributed by atoms with Gasteiger partial charge in [-0.3, -0.25) is 0 Å². The number of hydrogen-bond acceptors (Lipinski definition) is 1. The molecular weight excluding hydrogens is 605 g/mol. The van der Waals surface area contributed by atoms with Gasteiger partial charge in [0, 0.05) is 50.3 Å². The van der Waals surface area contributed by atoms with E-state index in [4.69, 9.17) is 0 Å².